The summed E-state index contributed by atoms with van der Waals surface area (Å²) in [7, 11) is -3.34. The van der Waals surface area contributed by atoms with Crippen molar-refractivity contribution in [2.24, 2.45) is 5.73 Å². The Kier molecular flexibility index (Phi) is 2.99. The Balaban J connectivity index is 3.22. The van der Waals surface area contributed by atoms with Gasteiger partial charge >= 0.3 is 0 Å². The van der Waals surface area contributed by atoms with E-state index in [1.54, 1.807) is 25.1 Å². The Morgan fingerprint density at radius 3 is 2.47 bits per heavy atom. The van der Waals surface area contributed by atoms with Gasteiger partial charge in [-0.15, -0.1) is 0 Å². The molecule has 15 heavy (non-hydrogen) atoms. The number of rotatable bonds is 3. The molecule has 0 bridgehead atoms. The Bertz CT molecular complexity index is 494. The molecular formula is C9H12N2O3S. The first-order valence-electron chi connectivity index (χ1n) is 4.18. The van der Waals surface area contributed by atoms with Crippen molar-refractivity contribution in [1.82, 2.24) is 0 Å². The maximum atomic E-state index is 11.0. The van der Waals surface area contributed by atoms with Gasteiger partial charge in [0, 0.05) is 5.56 Å². The fourth-order valence-electron chi connectivity index (χ4n) is 1.21. The van der Waals surface area contributed by atoms with E-state index in [9.17, 15) is 13.2 Å². The minimum atomic E-state index is -3.34. The van der Waals surface area contributed by atoms with Crippen LogP contribution in [0.15, 0.2) is 18.2 Å². The second kappa shape index (κ2) is 3.90. The molecule has 0 aliphatic heterocycles. The minimum Gasteiger partial charge on any atom is -0.366 e. The predicted molar refractivity (Wildman–Crippen MR) is 58.2 cm³/mol. The highest BCUT2D eigenvalue weighted by molar-refractivity contribution is 7.92. The molecule has 0 spiro atoms. The summed E-state index contributed by atoms with van der Waals surface area (Å²) in [4.78, 5) is 11.0. The normalized spacial score (nSPS) is 11.1. The van der Waals surface area contributed by atoms with E-state index in [1.807, 2.05) is 0 Å². The monoisotopic (exact) mass is 228 g/mol. The number of hydrogen-bond donors (Lipinski definition) is 2. The van der Waals surface area contributed by atoms with E-state index in [0.29, 0.717) is 16.8 Å². The third kappa shape index (κ3) is 2.95. The van der Waals surface area contributed by atoms with Gasteiger partial charge in [0.05, 0.1) is 11.9 Å². The molecule has 5 nitrogen and oxygen atoms in total. The first-order valence-corrected chi connectivity index (χ1v) is 6.07. The molecule has 0 saturated heterocycles. The van der Waals surface area contributed by atoms with Gasteiger partial charge in [0.1, 0.15) is 0 Å². The van der Waals surface area contributed by atoms with Crippen LogP contribution in [0.2, 0.25) is 0 Å². The zero-order valence-corrected chi connectivity index (χ0v) is 9.26. The number of nitrogens with one attached hydrogen (secondary N) is 1. The molecule has 0 aliphatic carbocycles. The number of benzene rings is 1. The van der Waals surface area contributed by atoms with Gasteiger partial charge in [0.15, 0.2) is 0 Å². The molecule has 0 unspecified atom stereocenters. The Morgan fingerprint density at radius 2 is 2.00 bits per heavy atom. The lowest BCUT2D eigenvalue weighted by atomic mass is 10.1. The van der Waals surface area contributed by atoms with Crippen molar-refractivity contribution in [3.63, 3.8) is 0 Å². The van der Waals surface area contributed by atoms with E-state index in [0.717, 1.165) is 6.26 Å². The summed E-state index contributed by atoms with van der Waals surface area (Å²) in [6.07, 6.45) is 1.05. The first-order chi connectivity index (χ1) is 6.81. The standard InChI is InChI=1S/C9H12N2O3S/c1-6-7(9(10)12)4-3-5-8(6)11-15(2,13)14/h3-5,11H,1-2H3,(H2,10,12). The number of hydrogen-bond acceptors (Lipinski definition) is 3. The smallest absolute Gasteiger partial charge is 0.249 e. The molecule has 0 heterocycles. The summed E-state index contributed by atoms with van der Waals surface area (Å²) in [6.45, 7) is 1.63. The van der Waals surface area contributed by atoms with Gasteiger partial charge in [-0.2, -0.15) is 0 Å². The number of nitrogens with two attached hydrogens (primary N) is 1. The molecule has 3 N–H and O–H groups in total. The predicted octanol–water partition coefficient (Wildman–Crippen LogP) is 0.465. The van der Waals surface area contributed by atoms with Crippen molar-refractivity contribution in [2.75, 3.05) is 11.0 Å². The van der Waals surface area contributed by atoms with Crippen LogP contribution in [0.3, 0.4) is 0 Å². The number of carbonyl (C=O) groups is 1. The average molecular weight is 228 g/mol. The number of primary amides is 1. The summed E-state index contributed by atoms with van der Waals surface area (Å²) >= 11 is 0. The van der Waals surface area contributed by atoms with Crippen LogP contribution in [0, 0.1) is 6.92 Å². The fraction of sp³-hybridized carbons (Fsp3) is 0.222. The number of sulfonamides is 1. The van der Waals surface area contributed by atoms with Crippen molar-refractivity contribution in [1.29, 1.82) is 0 Å². The molecule has 1 aromatic rings. The van der Waals surface area contributed by atoms with Crippen LogP contribution in [0.1, 0.15) is 15.9 Å². The number of amides is 1. The highest BCUT2D eigenvalue weighted by Crippen LogP contribution is 2.19. The third-order valence-electron chi connectivity index (χ3n) is 1.89. The van der Waals surface area contributed by atoms with Gasteiger partial charge in [-0.3, -0.25) is 9.52 Å². The second-order valence-electron chi connectivity index (χ2n) is 3.22. The van der Waals surface area contributed by atoms with E-state index >= 15 is 0 Å². The van der Waals surface area contributed by atoms with E-state index in [4.69, 9.17) is 5.73 Å². The van der Waals surface area contributed by atoms with Crippen molar-refractivity contribution < 1.29 is 13.2 Å². The largest absolute Gasteiger partial charge is 0.366 e. The zero-order chi connectivity index (χ0) is 11.6. The first kappa shape index (κ1) is 11.5. The maximum Gasteiger partial charge on any atom is 0.249 e. The number of anilines is 1. The average Bonchev–Trinajstić information content (AvgIpc) is 2.05. The molecule has 1 rings (SSSR count). The van der Waals surface area contributed by atoms with Crippen LogP contribution < -0.4 is 10.5 Å². The topological polar surface area (TPSA) is 89.3 Å². The van der Waals surface area contributed by atoms with E-state index < -0.39 is 15.9 Å². The van der Waals surface area contributed by atoms with Crippen LogP contribution in [0.4, 0.5) is 5.69 Å². The summed E-state index contributed by atoms with van der Waals surface area (Å²) in [5.74, 6) is -0.579. The van der Waals surface area contributed by atoms with Gasteiger partial charge < -0.3 is 5.73 Å². The molecule has 0 radical (unpaired) electrons. The lowest BCUT2D eigenvalue weighted by molar-refractivity contribution is 0.0999. The second-order valence-corrected chi connectivity index (χ2v) is 4.97. The molecule has 6 heteroatoms. The fourth-order valence-corrected chi connectivity index (χ4v) is 1.83. The summed E-state index contributed by atoms with van der Waals surface area (Å²) in [5, 5.41) is 0. The SMILES string of the molecule is Cc1c(NS(C)(=O)=O)cccc1C(N)=O. The van der Waals surface area contributed by atoms with E-state index in [-0.39, 0.29) is 0 Å². The Hall–Kier alpha value is -1.56. The molecular weight excluding hydrogens is 216 g/mol. The lowest BCUT2D eigenvalue weighted by Crippen LogP contribution is -2.16. The number of carbonyl (C=O) groups excluding carboxylic acids is 1. The van der Waals surface area contributed by atoms with Crippen LogP contribution in [-0.2, 0) is 10.0 Å². The van der Waals surface area contributed by atoms with Crippen molar-refractivity contribution in [3.05, 3.63) is 29.3 Å². The molecule has 0 saturated carbocycles. The van der Waals surface area contributed by atoms with Crippen molar-refractivity contribution in [2.45, 2.75) is 6.92 Å². The molecule has 0 aliphatic rings. The molecule has 0 atom stereocenters. The summed E-state index contributed by atoms with van der Waals surface area (Å²) < 4.78 is 24.3. The Morgan fingerprint density at radius 1 is 1.40 bits per heavy atom. The van der Waals surface area contributed by atoms with Gasteiger partial charge in [0.25, 0.3) is 0 Å². The molecule has 1 amide bonds. The summed E-state index contributed by atoms with van der Waals surface area (Å²) in [5.41, 5.74) is 6.33. The minimum absolute atomic E-state index is 0.309. The Labute approximate surface area is 88.3 Å². The van der Waals surface area contributed by atoms with Crippen molar-refractivity contribution >= 4 is 21.6 Å². The van der Waals surface area contributed by atoms with Gasteiger partial charge in [-0.1, -0.05) is 6.07 Å². The highest BCUT2D eigenvalue weighted by Gasteiger charge is 2.10. The maximum absolute atomic E-state index is 11.0. The van der Waals surface area contributed by atoms with E-state index in [1.165, 1.54) is 0 Å². The van der Waals surface area contributed by atoms with E-state index in [2.05, 4.69) is 4.72 Å². The van der Waals surface area contributed by atoms with Crippen LogP contribution in [-0.4, -0.2) is 20.6 Å². The van der Waals surface area contributed by atoms with Crippen LogP contribution in [0.5, 0.6) is 0 Å². The van der Waals surface area contributed by atoms with Crippen molar-refractivity contribution in [3.8, 4) is 0 Å². The third-order valence-corrected chi connectivity index (χ3v) is 2.49. The molecule has 0 fully saturated rings. The summed E-state index contributed by atoms with van der Waals surface area (Å²) in [6, 6.07) is 4.69. The van der Waals surface area contributed by atoms with Crippen LogP contribution >= 0.6 is 0 Å². The van der Waals surface area contributed by atoms with Gasteiger partial charge in [-0.05, 0) is 24.6 Å². The van der Waals surface area contributed by atoms with Gasteiger partial charge in [-0.25, -0.2) is 8.42 Å². The molecule has 82 valence electrons. The lowest BCUT2D eigenvalue weighted by Gasteiger charge is -2.09. The zero-order valence-electron chi connectivity index (χ0n) is 8.44. The quantitative estimate of drug-likeness (QED) is 0.787. The highest BCUT2D eigenvalue weighted by atomic mass is 32.2. The van der Waals surface area contributed by atoms with Crippen LogP contribution in [0.25, 0.3) is 0 Å². The molecule has 0 aromatic heterocycles. The molecule has 1 aromatic carbocycles. The van der Waals surface area contributed by atoms with Gasteiger partial charge in [0.2, 0.25) is 15.9 Å².